The van der Waals surface area contributed by atoms with Gasteiger partial charge in [-0.3, -0.25) is 9.89 Å². The van der Waals surface area contributed by atoms with Crippen LogP contribution in [0.25, 0.3) is 0 Å². The molecule has 1 fully saturated rings. The van der Waals surface area contributed by atoms with Gasteiger partial charge in [-0.2, -0.15) is 5.10 Å². The highest BCUT2D eigenvalue weighted by Gasteiger charge is 2.38. The molecule has 2 aromatic rings. The third kappa shape index (κ3) is 4.14. The molecule has 0 spiro atoms. The summed E-state index contributed by atoms with van der Waals surface area (Å²) >= 11 is 0. The van der Waals surface area contributed by atoms with Crippen LogP contribution in [-0.2, 0) is 22.4 Å². The second kappa shape index (κ2) is 8.01. The van der Waals surface area contributed by atoms with Gasteiger partial charge in [0.05, 0.1) is 25.5 Å². The van der Waals surface area contributed by atoms with Gasteiger partial charge in [-0.1, -0.05) is 30.3 Å². The summed E-state index contributed by atoms with van der Waals surface area (Å²) in [6.45, 7) is 5.26. The lowest BCUT2D eigenvalue weighted by Crippen LogP contribution is -2.56. The van der Waals surface area contributed by atoms with Crippen LogP contribution in [0.1, 0.15) is 28.9 Å². The number of hydrogen-bond acceptors (Lipinski definition) is 4. The van der Waals surface area contributed by atoms with E-state index in [1.165, 1.54) is 0 Å². The Balaban J connectivity index is 1.63. The highest BCUT2D eigenvalue weighted by molar-refractivity contribution is 5.76. The zero-order chi connectivity index (χ0) is 18.6. The topological polar surface area (TPSA) is 78.5 Å². The van der Waals surface area contributed by atoms with E-state index in [9.17, 15) is 9.90 Å². The number of carbonyl (C=O) groups excluding carboxylic acids is 1. The second-order valence-electron chi connectivity index (χ2n) is 7.08. The molecular formula is C20H27N3O3. The maximum atomic E-state index is 12.7. The molecule has 1 amide bonds. The summed E-state index contributed by atoms with van der Waals surface area (Å²) in [6.07, 6.45) is 1.71. The number of hydrogen-bond donors (Lipinski definition) is 2. The summed E-state index contributed by atoms with van der Waals surface area (Å²) in [5, 5.41) is 17.1. The molecule has 0 bridgehead atoms. The second-order valence-corrected chi connectivity index (χ2v) is 7.08. The molecular weight excluding hydrogens is 330 g/mol. The molecule has 1 aromatic carbocycles. The highest BCUT2D eigenvalue weighted by atomic mass is 16.5. The molecule has 26 heavy (non-hydrogen) atoms. The maximum Gasteiger partial charge on any atom is 0.223 e. The van der Waals surface area contributed by atoms with E-state index < -0.39 is 5.60 Å². The number of aliphatic hydroxyl groups excluding tert-OH is 1. The number of aromatic amines is 1. The van der Waals surface area contributed by atoms with Crippen LogP contribution in [0.3, 0.4) is 0 Å². The van der Waals surface area contributed by atoms with Crippen LogP contribution in [-0.4, -0.2) is 58.0 Å². The van der Waals surface area contributed by atoms with Crippen LogP contribution >= 0.6 is 0 Å². The van der Waals surface area contributed by atoms with Gasteiger partial charge >= 0.3 is 0 Å². The number of H-pyrrole nitrogens is 1. The molecule has 3 rings (SSSR count). The van der Waals surface area contributed by atoms with E-state index in [0.29, 0.717) is 39.0 Å². The lowest BCUT2D eigenvalue weighted by molar-refractivity contribution is -0.157. The molecule has 1 aliphatic rings. The molecule has 1 atom stereocenters. The van der Waals surface area contributed by atoms with E-state index in [-0.39, 0.29) is 12.5 Å². The number of amides is 1. The summed E-state index contributed by atoms with van der Waals surface area (Å²) in [5.41, 5.74) is 3.46. The number of rotatable bonds is 6. The minimum absolute atomic E-state index is 0.0965. The number of nitrogens with one attached hydrogen (secondary N) is 1. The monoisotopic (exact) mass is 357 g/mol. The van der Waals surface area contributed by atoms with Gasteiger partial charge in [-0.25, -0.2) is 0 Å². The third-order valence-corrected chi connectivity index (χ3v) is 5.13. The Hall–Kier alpha value is -2.18. The fourth-order valence-corrected chi connectivity index (χ4v) is 3.62. The van der Waals surface area contributed by atoms with Crippen molar-refractivity contribution in [2.45, 2.75) is 38.7 Å². The van der Waals surface area contributed by atoms with Gasteiger partial charge < -0.3 is 14.7 Å². The number of carbonyl (C=O) groups is 1. The molecule has 140 valence electrons. The summed E-state index contributed by atoms with van der Waals surface area (Å²) in [4.78, 5) is 14.6. The van der Waals surface area contributed by atoms with E-state index in [2.05, 4.69) is 10.2 Å². The smallest absolute Gasteiger partial charge is 0.223 e. The van der Waals surface area contributed by atoms with E-state index in [0.717, 1.165) is 22.5 Å². The minimum Gasteiger partial charge on any atom is -0.393 e. The molecule has 1 aromatic heterocycles. The number of aromatic nitrogens is 2. The molecule has 2 N–H and O–H groups in total. The fraction of sp³-hybridized carbons (Fsp3) is 0.500. The van der Waals surface area contributed by atoms with Crippen LogP contribution in [0.4, 0.5) is 0 Å². The molecule has 0 unspecified atom stereocenters. The van der Waals surface area contributed by atoms with Crippen LogP contribution in [0, 0.1) is 13.8 Å². The number of ether oxygens (including phenoxy) is 1. The summed E-state index contributed by atoms with van der Waals surface area (Å²) in [7, 11) is 0. The average molecular weight is 357 g/mol. The molecule has 0 aliphatic carbocycles. The van der Waals surface area contributed by atoms with Gasteiger partial charge in [0.15, 0.2) is 0 Å². The molecule has 0 radical (unpaired) electrons. The predicted molar refractivity (Wildman–Crippen MR) is 98.9 cm³/mol. The molecule has 1 aliphatic heterocycles. The first-order valence-electron chi connectivity index (χ1n) is 9.10. The van der Waals surface area contributed by atoms with Gasteiger partial charge in [-0.15, -0.1) is 0 Å². The van der Waals surface area contributed by atoms with E-state index in [1.54, 1.807) is 0 Å². The first-order valence-corrected chi connectivity index (χ1v) is 9.10. The lowest BCUT2D eigenvalue weighted by Gasteiger charge is -2.42. The summed E-state index contributed by atoms with van der Waals surface area (Å²) in [5.74, 6) is 0.0965. The molecule has 6 nitrogen and oxygen atoms in total. The van der Waals surface area contributed by atoms with Gasteiger partial charge in [0.1, 0.15) is 5.60 Å². The van der Waals surface area contributed by atoms with Crippen LogP contribution < -0.4 is 0 Å². The Labute approximate surface area is 154 Å². The largest absolute Gasteiger partial charge is 0.393 e. The van der Waals surface area contributed by atoms with Crippen LogP contribution in [0.15, 0.2) is 30.3 Å². The molecule has 1 saturated heterocycles. The normalized spacial score (nSPS) is 20.3. The number of nitrogens with zero attached hydrogens (tertiary/aromatic N) is 2. The number of benzene rings is 1. The van der Waals surface area contributed by atoms with E-state index in [4.69, 9.17) is 4.74 Å². The van der Waals surface area contributed by atoms with Crippen molar-refractivity contribution in [1.29, 1.82) is 0 Å². The van der Waals surface area contributed by atoms with Crippen molar-refractivity contribution in [3.8, 4) is 0 Å². The Morgan fingerprint density at radius 1 is 1.35 bits per heavy atom. The zero-order valence-corrected chi connectivity index (χ0v) is 15.5. The van der Waals surface area contributed by atoms with Crippen LogP contribution in [0.2, 0.25) is 0 Å². The Morgan fingerprint density at radius 3 is 2.77 bits per heavy atom. The first kappa shape index (κ1) is 18.6. The van der Waals surface area contributed by atoms with Crippen molar-refractivity contribution in [2.24, 2.45) is 0 Å². The maximum absolute atomic E-state index is 12.7. The van der Waals surface area contributed by atoms with Gasteiger partial charge in [0.25, 0.3) is 0 Å². The number of aliphatic hydroxyl groups is 1. The molecule has 6 heteroatoms. The van der Waals surface area contributed by atoms with Crippen molar-refractivity contribution >= 4 is 5.91 Å². The SMILES string of the molecule is Cc1n[nH]c(C)c1CCC(=O)N1CCO[C@@](CO)(Cc2ccccc2)C1. The summed E-state index contributed by atoms with van der Waals surface area (Å²) in [6, 6.07) is 9.95. The Morgan fingerprint density at radius 2 is 2.12 bits per heavy atom. The Kier molecular flexibility index (Phi) is 5.74. The van der Waals surface area contributed by atoms with E-state index in [1.807, 2.05) is 49.1 Å². The van der Waals surface area contributed by atoms with Gasteiger partial charge in [0.2, 0.25) is 5.91 Å². The summed E-state index contributed by atoms with van der Waals surface area (Å²) < 4.78 is 5.93. The number of aryl methyl sites for hydroxylation is 2. The molecule has 0 saturated carbocycles. The Bertz CT molecular complexity index is 725. The minimum atomic E-state index is -0.725. The lowest BCUT2D eigenvalue weighted by atomic mass is 9.93. The number of morpholine rings is 1. The first-order chi connectivity index (χ1) is 12.5. The zero-order valence-electron chi connectivity index (χ0n) is 15.5. The van der Waals surface area contributed by atoms with Crippen molar-refractivity contribution in [2.75, 3.05) is 26.3 Å². The predicted octanol–water partition coefficient (Wildman–Crippen LogP) is 1.79. The average Bonchev–Trinajstić information content (AvgIpc) is 2.98. The van der Waals surface area contributed by atoms with Crippen LogP contribution in [0.5, 0.6) is 0 Å². The fourth-order valence-electron chi connectivity index (χ4n) is 3.62. The van der Waals surface area contributed by atoms with Gasteiger partial charge in [-0.05, 0) is 31.4 Å². The van der Waals surface area contributed by atoms with Crippen molar-refractivity contribution in [3.05, 3.63) is 52.8 Å². The third-order valence-electron chi connectivity index (χ3n) is 5.13. The highest BCUT2D eigenvalue weighted by Crippen LogP contribution is 2.24. The molecule has 2 heterocycles. The van der Waals surface area contributed by atoms with Crippen molar-refractivity contribution in [3.63, 3.8) is 0 Å². The standard InChI is InChI=1S/C20H27N3O3/c1-15-18(16(2)22-21-15)8-9-19(25)23-10-11-26-20(13-23,14-24)12-17-6-4-3-5-7-17/h3-7,24H,8-14H2,1-2H3,(H,21,22)/t20-/m0/s1. The van der Waals surface area contributed by atoms with Gasteiger partial charge in [0, 0.05) is 25.1 Å². The van der Waals surface area contributed by atoms with Crippen molar-refractivity contribution < 1.29 is 14.6 Å². The quantitative estimate of drug-likeness (QED) is 0.826. The van der Waals surface area contributed by atoms with E-state index >= 15 is 0 Å². The van der Waals surface area contributed by atoms with Crippen molar-refractivity contribution in [1.82, 2.24) is 15.1 Å².